The summed E-state index contributed by atoms with van der Waals surface area (Å²) < 4.78 is 11.3. The van der Waals surface area contributed by atoms with Gasteiger partial charge in [-0.15, -0.1) is 0 Å². The minimum Gasteiger partial charge on any atom is -0.491 e. The summed E-state index contributed by atoms with van der Waals surface area (Å²) in [4.78, 5) is 29.1. The molecule has 0 aliphatic carbocycles. The van der Waals surface area contributed by atoms with E-state index >= 15 is 0 Å². The molecule has 1 atom stereocenters. The van der Waals surface area contributed by atoms with Gasteiger partial charge >= 0.3 is 0 Å². The van der Waals surface area contributed by atoms with Crippen LogP contribution in [0.1, 0.15) is 55.8 Å². The van der Waals surface area contributed by atoms with Gasteiger partial charge in [0.1, 0.15) is 12.4 Å². The smallest absolute Gasteiger partial charge is 0.253 e. The summed E-state index contributed by atoms with van der Waals surface area (Å²) in [6.07, 6.45) is 5.92. The van der Waals surface area contributed by atoms with E-state index in [4.69, 9.17) is 9.47 Å². The molecule has 0 saturated carbocycles. The number of nitrogens with zero attached hydrogens (tertiary/aromatic N) is 2. The molecule has 6 nitrogen and oxygen atoms in total. The van der Waals surface area contributed by atoms with E-state index in [-0.39, 0.29) is 23.8 Å². The Morgan fingerprint density at radius 1 is 1.17 bits per heavy atom. The largest absolute Gasteiger partial charge is 0.491 e. The highest BCUT2D eigenvalue weighted by Gasteiger charge is 2.29. The van der Waals surface area contributed by atoms with Crippen molar-refractivity contribution >= 4 is 11.8 Å². The van der Waals surface area contributed by atoms with Crippen molar-refractivity contribution < 1.29 is 19.1 Å². The third-order valence-corrected chi connectivity index (χ3v) is 5.92. The summed E-state index contributed by atoms with van der Waals surface area (Å²) in [5.41, 5.74) is 0.666. The van der Waals surface area contributed by atoms with Gasteiger partial charge in [-0.3, -0.25) is 9.59 Å². The molecule has 2 aliphatic rings. The normalized spacial score (nSPS) is 19.9. The molecule has 0 bridgehead atoms. The number of ether oxygens (including phenoxy) is 2. The number of rotatable bonds is 8. The summed E-state index contributed by atoms with van der Waals surface area (Å²) in [6, 6.07) is 7.34. The summed E-state index contributed by atoms with van der Waals surface area (Å²) in [5.74, 6) is 1.05. The van der Waals surface area contributed by atoms with Crippen molar-refractivity contribution in [3.05, 3.63) is 29.8 Å². The van der Waals surface area contributed by atoms with Crippen LogP contribution < -0.4 is 4.74 Å². The predicted octanol–water partition coefficient (Wildman–Crippen LogP) is 3.36. The SMILES string of the molecule is CCCCN(C)C(=O)C1CCN(C(=O)c2ccc(OCC3CCCO3)cc2)CC1. The van der Waals surface area contributed by atoms with E-state index in [1.54, 1.807) is 0 Å². The lowest BCUT2D eigenvalue weighted by molar-refractivity contribution is -0.135. The van der Waals surface area contributed by atoms with Gasteiger partial charge in [0.2, 0.25) is 5.91 Å². The monoisotopic (exact) mass is 402 g/mol. The van der Waals surface area contributed by atoms with Gasteiger partial charge in [0, 0.05) is 44.8 Å². The van der Waals surface area contributed by atoms with Crippen LogP contribution in [0.3, 0.4) is 0 Å². The molecule has 2 heterocycles. The quantitative estimate of drug-likeness (QED) is 0.669. The van der Waals surface area contributed by atoms with Crippen molar-refractivity contribution in [1.82, 2.24) is 9.80 Å². The Hall–Kier alpha value is -2.08. The Kier molecular flexibility index (Phi) is 7.92. The van der Waals surface area contributed by atoms with Gasteiger partial charge in [-0.2, -0.15) is 0 Å². The van der Waals surface area contributed by atoms with Gasteiger partial charge in [0.05, 0.1) is 6.10 Å². The topological polar surface area (TPSA) is 59.1 Å². The van der Waals surface area contributed by atoms with Gasteiger partial charge in [0.15, 0.2) is 0 Å². The number of amides is 2. The average Bonchev–Trinajstić information content (AvgIpc) is 3.29. The maximum atomic E-state index is 12.8. The fraction of sp³-hybridized carbons (Fsp3) is 0.652. The van der Waals surface area contributed by atoms with E-state index < -0.39 is 0 Å². The predicted molar refractivity (Wildman–Crippen MR) is 112 cm³/mol. The molecule has 2 fully saturated rings. The number of hydrogen-bond donors (Lipinski definition) is 0. The Morgan fingerprint density at radius 3 is 2.52 bits per heavy atom. The highest BCUT2D eigenvalue weighted by atomic mass is 16.5. The molecule has 0 spiro atoms. The van der Waals surface area contributed by atoms with E-state index in [2.05, 4.69) is 6.92 Å². The van der Waals surface area contributed by atoms with Gasteiger partial charge in [-0.1, -0.05) is 13.3 Å². The third-order valence-electron chi connectivity index (χ3n) is 5.92. The molecule has 1 unspecified atom stereocenters. The molecular weight excluding hydrogens is 368 g/mol. The maximum Gasteiger partial charge on any atom is 0.253 e. The van der Waals surface area contributed by atoms with Crippen LogP contribution in [0, 0.1) is 5.92 Å². The van der Waals surface area contributed by atoms with Crippen LogP contribution in [0.25, 0.3) is 0 Å². The molecule has 0 N–H and O–H groups in total. The average molecular weight is 403 g/mol. The van der Waals surface area contributed by atoms with Crippen LogP contribution in [-0.2, 0) is 9.53 Å². The Balaban J connectivity index is 1.45. The highest BCUT2D eigenvalue weighted by Crippen LogP contribution is 2.22. The molecule has 160 valence electrons. The van der Waals surface area contributed by atoms with E-state index in [0.717, 1.165) is 57.4 Å². The number of carbonyl (C=O) groups is 2. The zero-order chi connectivity index (χ0) is 20.6. The summed E-state index contributed by atoms with van der Waals surface area (Å²) >= 11 is 0. The van der Waals surface area contributed by atoms with Crippen molar-refractivity contribution in [1.29, 1.82) is 0 Å². The van der Waals surface area contributed by atoms with Gasteiger partial charge < -0.3 is 19.3 Å². The fourth-order valence-corrected chi connectivity index (χ4v) is 3.99. The van der Waals surface area contributed by atoms with Crippen molar-refractivity contribution in [3.63, 3.8) is 0 Å². The van der Waals surface area contributed by atoms with Crippen molar-refractivity contribution in [2.45, 2.75) is 51.6 Å². The van der Waals surface area contributed by atoms with Gasteiger partial charge in [-0.05, 0) is 56.4 Å². The lowest BCUT2D eigenvalue weighted by atomic mass is 9.94. The van der Waals surface area contributed by atoms with Crippen LogP contribution in [0.4, 0.5) is 0 Å². The lowest BCUT2D eigenvalue weighted by Gasteiger charge is -2.33. The van der Waals surface area contributed by atoms with E-state index in [9.17, 15) is 9.59 Å². The Morgan fingerprint density at radius 2 is 1.90 bits per heavy atom. The number of hydrogen-bond acceptors (Lipinski definition) is 4. The van der Waals surface area contributed by atoms with Crippen molar-refractivity contribution in [2.75, 3.05) is 39.9 Å². The first-order valence-electron chi connectivity index (χ1n) is 11.0. The molecule has 0 radical (unpaired) electrons. The van der Waals surface area contributed by atoms with E-state index in [1.165, 1.54) is 0 Å². The second kappa shape index (κ2) is 10.6. The molecule has 2 amide bonds. The minimum atomic E-state index is 0.0286. The molecule has 2 aliphatic heterocycles. The van der Waals surface area contributed by atoms with Crippen LogP contribution >= 0.6 is 0 Å². The number of piperidine rings is 1. The van der Waals surface area contributed by atoms with Gasteiger partial charge in [0.25, 0.3) is 5.91 Å². The summed E-state index contributed by atoms with van der Waals surface area (Å²) in [7, 11) is 1.89. The van der Waals surface area contributed by atoms with Crippen LogP contribution in [0.5, 0.6) is 5.75 Å². The molecule has 1 aromatic rings. The first kappa shape index (κ1) is 21.6. The molecule has 3 rings (SSSR count). The molecule has 29 heavy (non-hydrogen) atoms. The number of unbranched alkanes of at least 4 members (excludes halogenated alkanes) is 1. The zero-order valence-corrected chi connectivity index (χ0v) is 17.8. The van der Waals surface area contributed by atoms with Crippen LogP contribution in [0.2, 0.25) is 0 Å². The van der Waals surface area contributed by atoms with Crippen molar-refractivity contribution in [3.8, 4) is 5.75 Å². The molecule has 0 aromatic heterocycles. The van der Waals surface area contributed by atoms with E-state index in [1.807, 2.05) is 41.1 Å². The first-order chi connectivity index (χ1) is 14.1. The van der Waals surface area contributed by atoms with Gasteiger partial charge in [-0.25, -0.2) is 0 Å². The molecular formula is C23H34N2O4. The number of benzene rings is 1. The van der Waals surface area contributed by atoms with Crippen molar-refractivity contribution in [2.24, 2.45) is 5.92 Å². The Labute approximate surface area is 174 Å². The Bertz CT molecular complexity index is 662. The first-order valence-corrected chi connectivity index (χ1v) is 11.0. The second-order valence-corrected chi connectivity index (χ2v) is 8.15. The zero-order valence-electron chi connectivity index (χ0n) is 17.8. The fourth-order valence-electron chi connectivity index (χ4n) is 3.99. The highest BCUT2D eigenvalue weighted by molar-refractivity contribution is 5.94. The number of carbonyl (C=O) groups excluding carboxylic acids is 2. The van der Waals surface area contributed by atoms with E-state index in [0.29, 0.717) is 25.3 Å². The standard InChI is InChI=1S/C23H34N2O4/c1-3-4-13-24(2)22(26)19-11-14-25(15-12-19)23(27)18-7-9-20(10-8-18)29-17-21-6-5-16-28-21/h7-10,19,21H,3-6,11-17H2,1-2H3. The molecule has 2 saturated heterocycles. The van der Waals surface area contributed by atoms with Crippen LogP contribution in [-0.4, -0.2) is 67.6 Å². The minimum absolute atomic E-state index is 0.0286. The summed E-state index contributed by atoms with van der Waals surface area (Å²) in [6.45, 7) is 5.59. The molecule has 6 heteroatoms. The van der Waals surface area contributed by atoms with Crippen LogP contribution in [0.15, 0.2) is 24.3 Å². The second-order valence-electron chi connectivity index (χ2n) is 8.15. The molecule has 1 aromatic carbocycles. The lowest BCUT2D eigenvalue weighted by Crippen LogP contribution is -2.43. The maximum absolute atomic E-state index is 12.8. The number of likely N-dealkylation sites (tertiary alicyclic amines) is 1. The summed E-state index contributed by atoms with van der Waals surface area (Å²) in [5, 5.41) is 0. The third kappa shape index (κ3) is 5.95.